The summed E-state index contributed by atoms with van der Waals surface area (Å²) in [6.45, 7) is 2.43. The highest BCUT2D eigenvalue weighted by Gasteiger charge is 2.53. The molecule has 0 N–H and O–H groups in total. The average Bonchev–Trinajstić information content (AvgIpc) is 3.75. The van der Waals surface area contributed by atoms with Gasteiger partial charge in [0.15, 0.2) is 12.6 Å². The molecule has 2 fully saturated rings. The Morgan fingerprint density at radius 1 is 0.382 bits per heavy atom. The fourth-order valence-corrected chi connectivity index (χ4v) is 6.86. The maximum atomic E-state index is 6.94. The highest BCUT2D eigenvalue weighted by atomic mass is 16.8. The third-order valence-corrected chi connectivity index (χ3v) is 9.70. The third-order valence-electron chi connectivity index (χ3n) is 9.70. The van der Waals surface area contributed by atoms with Gasteiger partial charge >= 0.3 is 0 Å². The molecule has 288 valence electrons. The van der Waals surface area contributed by atoms with Crippen LogP contribution in [0.15, 0.2) is 152 Å². The Hall–Kier alpha value is -4.26. The molecule has 9 heteroatoms. The zero-order chi connectivity index (χ0) is 37.5. The molecule has 2 saturated heterocycles. The first-order valence-corrected chi connectivity index (χ1v) is 18.9. The molecular formula is C46H50O9. The molecule has 55 heavy (non-hydrogen) atoms. The lowest BCUT2D eigenvalue weighted by molar-refractivity contribution is -0.251. The third kappa shape index (κ3) is 11.2. The Morgan fingerprint density at radius 3 is 1.09 bits per heavy atom. The van der Waals surface area contributed by atoms with Gasteiger partial charge < -0.3 is 42.6 Å². The first-order valence-electron chi connectivity index (χ1n) is 18.9. The lowest BCUT2D eigenvalue weighted by Gasteiger charge is -2.30. The number of benzene rings is 5. The number of rotatable bonds is 20. The van der Waals surface area contributed by atoms with Gasteiger partial charge in [0.1, 0.15) is 36.6 Å². The van der Waals surface area contributed by atoms with Crippen LogP contribution in [0, 0.1) is 0 Å². The standard InChI is InChI=1S/C46H50O9/c1-47-45-44(42(51-30-37-23-13-5-14-24-37)40(53-45)33-49-28-35-19-9-3-10-20-35)55-46-43(52-31-38-25-15-6-16-26-38)41(50-29-36-21-11-4-12-22-36)39(54-46)32-48-27-34-17-7-2-8-18-34/h2-26,39-46H,27-33H2,1H3/t39-,40-,41-,42-,43+,44+,45+,46-/m1/s1. The zero-order valence-corrected chi connectivity index (χ0v) is 31.2. The highest BCUT2D eigenvalue weighted by Crippen LogP contribution is 2.35. The van der Waals surface area contributed by atoms with Crippen LogP contribution in [0.3, 0.4) is 0 Å². The monoisotopic (exact) mass is 746 g/mol. The van der Waals surface area contributed by atoms with Gasteiger partial charge in [-0.15, -0.1) is 0 Å². The lowest BCUT2D eigenvalue weighted by atomic mass is 10.1. The van der Waals surface area contributed by atoms with Crippen molar-refractivity contribution in [3.8, 4) is 0 Å². The Balaban J connectivity index is 1.13. The van der Waals surface area contributed by atoms with Gasteiger partial charge in [0, 0.05) is 7.11 Å². The normalized spacial score (nSPS) is 25.0. The molecule has 5 aromatic rings. The maximum Gasteiger partial charge on any atom is 0.187 e. The Morgan fingerprint density at radius 2 is 0.709 bits per heavy atom. The summed E-state index contributed by atoms with van der Waals surface area (Å²) in [5, 5.41) is 0. The molecule has 0 amide bonds. The molecule has 0 saturated carbocycles. The second-order valence-corrected chi connectivity index (χ2v) is 13.7. The van der Waals surface area contributed by atoms with Gasteiger partial charge in [-0.05, 0) is 27.8 Å². The molecule has 0 aromatic heterocycles. The van der Waals surface area contributed by atoms with Gasteiger partial charge in [-0.1, -0.05) is 152 Å². The van der Waals surface area contributed by atoms with Crippen molar-refractivity contribution in [1.29, 1.82) is 0 Å². The molecule has 0 unspecified atom stereocenters. The summed E-state index contributed by atoms with van der Waals surface area (Å²) < 4.78 is 58.5. The molecule has 2 heterocycles. The summed E-state index contributed by atoms with van der Waals surface area (Å²) in [5.74, 6) is 0. The SMILES string of the molecule is CO[C@H]1O[C@H](COCc2ccccc2)[C@@H](OCc2ccccc2)[C@@H]1O[C@H]1O[C@H](COCc2ccccc2)[C@@H](OCc2ccccc2)[C@@H]1OCc1ccccc1. The van der Waals surface area contributed by atoms with Crippen molar-refractivity contribution in [1.82, 2.24) is 0 Å². The molecule has 5 aromatic carbocycles. The van der Waals surface area contributed by atoms with E-state index in [-0.39, 0.29) is 13.2 Å². The molecule has 8 atom stereocenters. The fraction of sp³-hybridized carbons (Fsp3) is 0.348. The Bertz CT molecular complexity index is 1780. The van der Waals surface area contributed by atoms with Crippen LogP contribution >= 0.6 is 0 Å². The average molecular weight is 747 g/mol. The van der Waals surface area contributed by atoms with Gasteiger partial charge in [-0.3, -0.25) is 0 Å². The van der Waals surface area contributed by atoms with Gasteiger partial charge in [-0.2, -0.15) is 0 Å². The van der Waals surface area contributed by atoms with Crippen molar-refractivity contribution in [3.63, 3.8) is 0 Å². The van der Waals surface area contributed by atoms with E-state index in [9.17, 15) is 0 Å². The number of hydrogen-bond donors (Lipinski definition) is 0. The zero-order valence-electron chi connectivity index (χ0n) is 31.2. The molecule has 2 aliphatic rings. The minimum absolute atomic E-state index is 0.262. The van der Waals surface area contributed by atoms with E-state index in [1.54, 1.807) is 7.11 Å². The number of hydrogen-bond acceptors (Lipinski definition) is 9. The summed E-state index contributed by atoms with van der Waals surface area (Å²) in [7, 11) is 1.60. The molecule has 0 radical (unpaired) electrons. The molecule has 0 bridgehead atoms. The lowest BCUT2D eigenvalue weighted by Crippen LogP contribution is -2.45. The Kier molecular flexibility index (Phi) is 14.6. The molecule has 0 aliphatic carbocycles. The van der Waals surface area contributed by atoms with E-state index >= 15 is 0 Å². The van der Waals surface area contributed by atoms with Gasteiger partial charge in [-0.25, -0.2) is 0 Å². The van der Waals surface area contributed by atoms with Crippen molar-refractivity contribution >= 4 is 0 Å². The van der Waals surface area contributed by atoms with E-state index in [1.165, 1.54) is 0 Å². The van der Waals surface area contributed by atoms with Crippen LogP contribution in [-0.2, 0) is 75.7 Å². The van der Waals surface area contributed by atoms with E-state index in [2.05, 4.69) is 0 Å². The van der Waals surface area contributed by atoms with Crippen LogP contribution in [0.4, 0.5) is 0 Å². The minimum atomic E-state index is -0.868. The molecular weight excluding hydrogens is 696 g/mol. The summed E-state index contributed by atoms with van der Waals surface area (Å²) >= 11 is 0. The molecule has 7 rings (SSSR count). The van der Waals surface area contributed by atoms with Crippen molar-refractivity contribution in [2.24, 2.45) is 0 Å². The minimum Gasteiger partial charge on any atom is -0.374 e. The van der Waals surface area contributed by atoms with E-state index in [0.717, 1.165) is 27.8 Å². The topological polar surface area (TPSA) is 83.1 Å². The van der Waals surface area contributed by atoms with Crippen LogP contribution in [0.25, 0.3) is 0 Å². The highest BCUT2D eigenvalue weighted by molar-refractivity contribution is 5.17. The van der Waals surface area contributed by atoms with Crippen LogP contribution in [0.2, 0.25) is 0 Å². The second-order valence-electron chi connectivity index (χ2n) is 13.7. The van der Waals surface area contributed by atoms with Crippen molar-refractivity contribution in [3.05, 3.63) is 179 Å². The van der Waals surface area contributed by atoms with E-state index in [4.69, 9.17) is 42.6 Å². The van der Waals surface area contributed by atoms with E-state index in [0.29, 0.717) is 33.0 Å². The van der Waals surface area contributed by atoms with Crippen LogP contribution in [-0.4, -0.2) is 69.5 Å². The first kappa shape index (κ1) is 39.0. The second kappa shape index (κ2) is 20.6. The number of ether oxygens (including phenoxy) is 9. The summed E-state index contributed by atoms with van der Waals surface area (Å²) in [6, 6.07) is 50.3. The van der Waals surface area contributed by atoms with Crippen LogP contribution < -0.4 is 0 Å². The molecule has 2 aliphatic heterocycles. The predicted octanol–water partition coefficient (Wildman–Crippen LogP) is 7.66. The fourth-order valence-electron chi connectivity index (χ4n) is 6.86. The Labute approximate surface area is 324 Å². The quantitative estimate of drug-likeness (QED) is 0.0798. The van der Waals surface area contributed by atoms with Crippen molar-refractivity contribution < 1.29 is 42.6 Å². The predicted molar refractivity (Wildman–Crippen MR) is 206 cm³/mol. The van der Waals surface area contributed by atoms with Gasteiger partial charge in [0.25, 0.3) is 0 Å². The number of methoxy groups -OCH3 is 1. The summed E-state index contributed by atoms with van der Waals surface area (Å²) in [5.41, 5.74) is 5.21. The smallest absolute Gasteiger partial charge is 0.187 e. The van der Waals surface area contributed by atoms with Crippen molar-refractivity contribution in [2.45, 2.75) is 82.2 Å². The summed E-state index contributed by atoms with van der Waals surface area (Å²) in [4.78, 5) is 0. The van der Waals surface area contributed by atoms with Gasteiger partial charge in [0.2, 0.25) is 0 Å². The maximum absolute atomic E-state index is 6.94. The van der Waals surface area contributed by atoms with Crippen LogP contribution in [0.1, 0.15) is 27.8 Å². The van der Waals surface area contributed by atoms with E-state index in [1.807, 2.05) is 152 Å². The van der Waals surface area contributed by atoms with E-state index < -0.39 is 49.2 Å². The largest absolute Gasteiger partial charge is 0.374 e. The van der Waals surface area contributed by atoms with Crippen LogP contribution in [0.5, 0.6) is 0 Å². The molecule has 9 nitrogen and oxygen atoms in total. The van der Waals surface area contributed by atoms with Gasteiger partial charge in [0.05, 0.1) is 46.2 Å². The molecule has 0 spiro atoms. The summed E-state index contributed by atoms with van der Waals surface area (Å²) in [6.07, 6.45) is -5.02. The van der Waals surface area contributed by atoms with Crippen molar-refractivity contribution in [2.75, 3.05) is 20.3 Å². The first-order chi connectivity index (χ1) is 27.2.